The van der Waals surface area contributed by atoms with Crippen LogP contribution in [0.25, 0.3) is 0 Å². The van der Waals surface area contributed by atoms with Gasteiger partial charge in [-0.2, -0.15) is 0 Å². The number of likely N-dealkylation sites (tertiary alicyclic amines) is 1. The summed E-state index contributed by atoms with van der Waals surface area (Å²) in [6, 6.07) is 0. The van der Waals surface area contributed by atoms with Crippen molar-refractivity contribution in [2.45, 2.75) is 51.5 Å². The highest BCUT2D eigenvalue weighted by atomic mass is 35.5. The van der Waals surface area contributed by atoms with Crippen molar-refractivity contribution >= 4 is 29.5 Å². The molecule has 1 rings (SSSR count). The van der Waals surface area contributed by atoms with E-state index in [-0.39, 0.29) is 12.4 Å². The number of esters is 1. The molecule has 1 aliphatic rings. The van der Waals surface area contributed by atoms with Gasteiger partial charge >= 0.3 is 5.97 Å². The van der Waals surface area contributed by atoms with Gasteiger partial charge in [0, 0.05) is 6.54 Å². The molecular formula is C13H24Cl2N2O2. The first-order chi connectivity index (χ1) is 8.92. The van der Waals surface area contributed by atoms with Crippen molar-refractivity contribution in [3.63, 3.8) is 0 Å². The molecule has 0 amide bonds. The van der Waals surface area contributed by atoms with E-state index in [1.54, 1.807) is 13.8 Å². The standard InChI is InChI=1S/C13H24Cl2N2O2/c1-13(2,17(14)15)11-12(18)19-10-6-9-16-7-4-3-5-8-16/h3-11H2,1-2H3. The van der Waals surface area contributed by atoms with E-state index in [2.05, 4.69) is 4.90 Å². The minimum absolute atomic E-state index is 0.184. The maximum absolute atomic E-state index is 11.6. The predicted molar refractivity (Wildman–Crippen MR) is 78.1 cm³/mol. The van der Waals surface area contributed by atoms with Crippen molar-refractivity contribution in [2.75, 3.05) is 26.2 Å². The molecule has 1 saturated heterocycles. The molecule has 0 aromatic carbocycles. The third-order valence-corrected chi connectivity index (χ3v) is 4.28. The van der Waals surface area contributed by atoms with E-state index >= 15 is 0 Å². The van der Waals surface area contributed by atoms with Crippen molar-refractivity contribution in [1.29, 1.82) is 0 Å². The monoisotopic (exact) mass is 310 g/mol. The summed E-state index contributed by atoms with van der Waals surface area (Å²) in [5.41, 5.74) is -0.604. The second kappa shape index (κ2) is 8.30. The van der Waals surface area contributed by atoms with E-state index in [4.69, 9.17) is 28.3 Å². The van der Waals surface area contributed by atoms with Crippen LogP contribution < -0.4 is 0 Å². The molecule has 0 unspecified atom stereocenters. The lowest BCUT2D eigenvalue weighted by molar-refractivity contribution is -0.145. The van der Waals surface area contributed by atoms with Crippen molar-refractivity contribution in [3.8, 4) is 0 Å². The van der Waals surface area contributed by atoms with Crippen LogP contribution in [0.4, 0.5) is 0 Å². The Balaban J connectivity index is 2.10. The summed E-state index contributed by atoms with van der Waals surface area (Å²) in [5.74, 6) is -0.255. The Kier molecular flexibility index (Phi) is 7.44. The van der Waals surface area contributed by atoms with Crippen LogP contribution in [0.15, 0.2) is 0 Å². The van der Waals surface area contributed by atoms with Gasteiger partial charge in [-0.15, -0.1) is 3.94 Å². The van der Waals surface area contributed by atoms with Crippen LogP contribution in [0.5, 0.6) is 0 Å². The van der Waals surface area contributed by atoms with Gasteiger partial charge in [-0.05, 0) is 69.8 Å². The van der Waals surface area contributed by atoms with E-state index in [9.17, 15) is 4.79 Å². The van der Waals surface area contributed by atoms with E-state index < -0.39 is 5.54 Å². The van der Waals surface area contributed by atoms with E-state index in [0.717, 1.165) is 16.9 Å². The first kappa shape index (κ1) is 17.0. The summed E-state index contributed by atoms with van der Waals surface area (Å²) < 4.78 is 6.21. The zero-order chi connectivity index (χ0) is 14.3. The average Bonchev–Trinajstić information content (AvgIpc) is 2.35. The molecule has 0 N–H and O–H groups in total. The average molecular weight is 311 g/mol. The minimum atomic E-state index is -0.604. The van der Waals surface area contributed by atoms with Crippen LogP contribution in [0.2, 0.25) is 0 Å². The number of rotatable bonds is 7. The maximum atomic E-state index is 11.6. The Hall–Kier alpha value is -0.0300. The Morgan fingerprint density at radius 3 is 2.47 bits per heavy atom. The third kappa shape index (κ3) is 6.80. The molecule has 4 nitrogen and oxygen atoms in total. The SMILES string of the molecule is CC(C)(CC(=O)OCCCN1CCCCC1)N(Cl)Cl. The van der Waals surface area contributed by atoms with Crippen LogP contribution in [0, 0.1) is 0 Å². The summed E-state index contributed by atoms with van der Waals surface area (Å²) in [6.07, 6.45) is 4.99. The predicted octanol–water partition coefficient (Wildman–Crippen LogP) is 3.18. The van der Waals surface area contributed by atoms with Crippen LogP contribution in [0.1, 0.15) is 46.0 Å². The number of hydrogen-bond donors (Lipinski definition) is 0. The van der Waals surface area contributed by atoms with Gasteiger partial charge in [0.2, 0.25) is 0 Å². The largest absolute Gasteiger partial charge is 0.466 e. The summed E-state index contributed by atoms with van der Waals surface area (Å²) >= 11 is 11.3. The second-order valence-electron chi connectivity index (χ2n) is 5.70. The molecule has 0 radical (unpaired) electrons. The molecule has 1 heterocycles. The lowest BCUT2D eigenvalue weighted by Gasteiger charge is -2.27. The number of hydrogen-bond acceptors (Lipinski definition) is 4. The lowest BCUT2D eigenvalue weighted by Crippen LogP contribution is -2.35. The molecule has 0 aromatic heterocycles. The summed E-state index contributed by atoms with van der Waals surface area (Å²) in [4.78, 5) is 14.1. The number of ether oxygens (including phenoxy) is 1. The molecule has 19 heavy (non-hydrogen) atoms. The van der Waals surface area contributed by atoms with Crippen molar-refractivity contribution in [1.82, 2.24) is 8.84 Å². The Bertz CT molecular complexity index is 280. The van der Waals surface area contributed by atoms with Crippen LogP contribution in [0.3, 0.4) is 0 Å². The van der Waals surface area contributed by atoms with Crippen LogP contribution in [-0.2, 0) is 9.53 Å². The fourth-order valence-electron chi connectivity index (χ4n) is 2.12. The molecule has 0 saturated carbocycles. The highest BCUT2D eigenvalue weighted by Gasteiger charge is 2.28. The lowest BCUT2D eigenvalue weighted by atomic mass is 10.0. The Morgan fingerprint density at radius 1 is 1.26 bits per heavy atom. The van der Waals surface area contributed by atoms with Gasteiger partial charge in [0.1, 0.15) is 0 Å². The topological polar surface area (TPSA) is 32.8 Å². The van der Waals surface area contributed by atoms with Gasteiger partial charge in [0.25, 0.3) is 0 Å². The zero-order valence-corrected chi connectivity index (χ0v) is 13.3. The fraction of sp³-hybridized carbons (Fsp3) is 0.923. The van der Waals surface area contributed by atoms with Gasteiger partial charge in [-0.3, -0.25) is 4.79 Å². The van der Waals surface area contributed by atoms with Crippen LogP contribution in [-0.4, -0.2) is 46.6 Å². The molecule has 0 bridgehead atoms. The van der Waals surface area contributed by atoms with Crippen molar-refractivity contribution in [2.24, 2.45) is 0 Å². The number of carbonyl (C=O) groups excluding carboxylic acids is 1. The summed E-state index contributed by atoms with van der Waals surface area (Å²) in [7, 11) is 0. The first-order valence-electron chi connectivity index (χ1n) is 6.91. The zero-order valence-electron chi connectivity index (χ0n) is 11.8. The van der Waals surface area contributed by atoms with E-state index in [0.29, 0.717) is 6.61 Å². The van der Waals surface area contributed by atoms with Gasteiger partial charge < -0.3 is 9.64 Å². The molecule has 1 fully saturated rings. The van der Waals surface area contributed by atoms with Gasteiger partial charge in [0.05, 0.1) is 18.6 Å². The number of nitrogens with zero attached hydrogens (tertiary/aromatic N) is 2. The van der Waals surface area contributed by atoms with Crippen molar-refractivity contribution < 1.29 is 9.53 Å². The minimum Gasteiger partial charge on any atom is -0.466 e. The third-order valence-electron chi connectivity index (χ3n) is 3.36. The molecule has 0 aromatic rings. The van der Waals surface area contributed by atoms with Gasteiger partial charge in [0.15, 0.2) is 0 Å². The van der Waals surface area contributed by atoms with Crippen LogP contribution >= 0.6 is 23.6 Å². The highest BCUT2D eigenvalue weighted by Crippen LogP contribution is 2.23. The van der Waals surface area contributed by atoms with Gasteiger partial charge in [-0.1, -0.05) is 6.42 Å². The summed E-state index contributed by atoms with van der Waals surface area (Å²) in [6.45, 7) is 7.41. The van der Waals surface area contributed by atoms with E-state index in [1.807, 2.05) is 0 Å². The Labute approximate surface area is 126 Å². The molecule has 0 spiro atoms. The first-order valence-corrected chi connectivity index (χ1v) is 7.59. The molecule has 0 aliphatic carbocycles. The second-order valence-corrected chi connectivity index (χ2v) is 6.55. The quantitative estimate of drug-likeness (QED) is 0.411. The van der Waals surface area contributed by atoms with E-state index in [1.165, 1.54) is 32.4 Å². The smallest absolute Gasteiger partial charge is 0.307 e. The Morgan fingerprint density at radius 2 is 1.89 bits per heavy atom. The molecule has 112 valence electrons. The molecule has 1 aliphatic heterocycles. The molecule has 6 heteroatoms. The maximum Gasteiger partial charge on any atom is 0.307 e. The number of halogens is 2. The molecular weight excluding hydrogens is 287 g/mol. The molecule has 0 atom stereocenters. The normalized spacial score (nSPS) is 17.7. The van der Waals surface area contributed by atoms with Crippen molar-refractivity contribution in [3.05, 3.63) is 0 Å². The number of piperidine rings is 1. The number of carbonyl (C=O) groups is 1. The fourth-order valence-corrected chi connectivity index (χ4v) is 2.24. The highest BCUT2D eigenvalue weighted by molar-refractivity contribution is 6.34. The summed E-state index contributed by atoms with van der Waals surface area (Å²) in [5, 5.41) is 0. The van der Waals surface area contributed by atoms with Gasteiger partial charge in [-0.25, -0.2) is 0 Å².